The molecule has 2 atom stereocenters. The van der Waals surface area contributed by atoms with Crippen molar-refractivity contribution in [3.8, 4) is 0 Å². The van der Waals surface area contributed by atoms with Crippen LogP contribution < -0.4 is 0 Å². The summed E-state index contributed by atoms with van der Waals surface area (Å²) < 4.78 is 6.95. The zero-order chi connectivity index (χ0) is 14.7. The van der Waals surface area contributed by atoms with Gasteiger partial charge in [-0.05, 0) is 29.3 Å². The Balaban J connectivity index is 2.01. The first-order valence-corrected chi connectivity index (χ1v) is 8.00. The van der Waals surface area contributed by atoms with Crippen LogP contribution in [0.3, 0.4) is 0 Å². The Labute approximate surface area is 128 Å². The van der Waals surface area contributed by atoms with E-state index in [1.807, 2.05) is 49.4 Å². The van der Waals surface area contributed by atoms with Crippen LogP contribution in [0.15, 0.2) is 60.0 Å². The first-order valence-electron chi connectivity index (χ1n) is 7.12. The summed E-state index contributed by atoms with van der Waals surface area (Å²) in [4.78, 5) is 0. The van der Waals surface area contributed by atoms with Crippen molar-refractivity contribution in [2.24, 2.45) is 0 Å². The number of aliphatic hydroxyl groups is 1. The molecule has 0 radical (unpaired) electrons. The summed E-state index contributed by atoms with van der Waals surface area (Å²) in [6, 6.07) is 18.0. The average Bonchev–Trinajstić information content (AvgIpc) is 3.01. The Bertz CT molecular complexity index is 705. The molecule has 0 bridgehead atoms. The van der Waals surface area contributed by atoms with E-state index in [1.54, 1.807) is 11.3 Å². The lowest BCUT2D eigenvalue weighted by atomic mass is 9.97. The lowest BCUT2D eigenvalue weighted by Gasteiger charge is -2.24. The highest BCUT2D eigenvalue weighted by Crippen LogP contribution is 2.37. The smallest absolute Gasteiger partial charge is 0.113 e. The second-order valence-electron chi connectivity index (χ2n) is 4.92. The number of thiophene rings is 1. The molecule has 0 amide bonds. The fourth-order valence-corrected chi connectivity index (χ4v) is 3.55. The molecule has 1 aromatic heterocycles. The molecule has 108 valence electrons. The maximum Gasteiger partial charge on any atom is 0.113 e. The minimum atomic E-state index is -0.672. The molecule has 2 unspecified atom stereocenters. The van der Waals surface area contributed by atoms with E-state index in [1.165, 1.54) is 5.39 Å². The van der Waals surface area contributed by atoms with E-state index in [0.717, 1.165) is 15.8 Å². The van der Waals surface area contributed by atoms with Gasteiger partial charge in [-0.25, -0.2) is 0 Å². The summed E-state index contributed by atoms with van der Waals surface area (Å²) in [6.07, 6.45) is -1.02. The maximum atomic E-state index is 10.9. The molecule has 1 heterocycles. The van der Waals surface area contributed by atoms with Crippen molar-refractivity contribution in [1.82, 2.24) is 0 Å². The Kier molecular flexibility index (Phi) is 4.34. The van der Waals surface area contributed by atoms with Crippen molar-refractivity contribution in [3.05, 3.63) is 71.1 Å². The molecule has 0 fully saturated rings. The average molecular weight is 298 g/mol. The van der Waals surface area contributed by atoms with Crippen LogP contribution in [0.4, 0.5) is 0 Å². The van der Waals surface area contributed by atoms with Gasteiger partial charge in [0.15, 0.2) is 0 Å². The molecule has 2 nitrogen and oxygen atoms in total. The van der Waals surface area contributed by atoms with Gasteiger partial charge in [0.25, 0.3) is 0 Å². The van der Waals surface area contributed by atoms with Gasteiger partial charge in [-0.15, -0.1) is 11.3 Å². The second kappa shape index (κ2) is 6.39. The third-order valence-corrected chi connectivity index (χ3v) is 4.57. The predicted molar refractivity (Wildman–Crippen MR) is 87.6 cm³/mol. The number of fused-ring (bicyclic) bond motifs is 1. The van der Waals surface area contributed by atoms with Crippen LogP contribution in [-0.2, 0) is 4.74 Å². The van der Waals surface area contributed by atoms with Crippen LogP contribution >= 0.6 is 11.3 Å². The van der Waals surface area contributed by atoms with Gasteiger partial charge in [0, 0.05) is 16.9 Å². The van der Waals surface area contributed by atoms with Crippen LogP contribution in [0.2, 0.25) is 0 Å². The van der Waals surface area contributed by atoms with Crippen molar-refractivity contribution in [3.63, 3.8) is 0 Å². The Morgan fingerprint density at radius 3 is 2.62 bits per heavy atom. The molecule has 0 aliphatic heterocycles. The van der Waals surface area contributed by atoms with Crippen LogP contribution in [-0.4, -0.2) is 11.7 Å². The largest absolute Gasteiger partial charge is 0.385 e. The van der Waals surface area contributed by atoms with E-state index in [4.69, 9.17) is 4.74 Å². The highest BCUT2D eigenvalue weighted by atomic mass is 32.1. The number of ether oxygens (including phenoxy) is 1. The van der Waals surface area contributed by atoms with E-state index in [-0.39, 0.29) is 6.10 Å². The van der Waals surface area contributed by atoms with Crippen molar-refractivity contribution in [2.45, 2.75) is 19.1 Å². The number of aliphatic hydroxyl groups excluding tert-OH is 1. The van der Waals surface area contributed by atoms with E-state index in [2.05, 4.69) is 17.5 Å². The first-order chi connectivity index (χ1) is 10.3. The maximum absolute atomic E-state index is 10.9. The molecular weight excluding hydrogens is 280 g/mol. The van der Waals surface area contributed by atoms with Gasteiger partial charge in [0.1, 0.15) is 12.2 Å². The standard InChI is InChI=1S/C18H18O2S/c1-2-20-17(13-7-4-3-5-8-13)16(19)15-10-6-9-14-11-12-21-18(14)15/h3-12,16-17,19H,2H2,1H3. The molecule has 1 N–H and O–H groups in total. The zero-order valence-corrected chi connectivity index (χ0v) is 12.7. The Morgan fingerprint density at radius 2 is 1.86 bits per heavy atom. The summed E-state index contributed by atoms with van der Waals surface area (Å²) in [6.45, 7) is 2.52. The van der Waals surface area contributed by atoms with Crippen molar-refractivity contribution < 1.29 is 9.84 Å². The SMILES string of the molecule is CCOC(c1ccccc1)C(O)c1cccc2ccsc12. The van der Waals surface area contributed by atoms with Gasteiger partial charge >= 0.3 is 0 Å². The van der Waals surface area contributed by atoms with E-state index in [9.17, 15) is 5.11 Å². The number of hydrogen-bond acceptors (Lipinski definition) is 3. The molecule has 2 aromatic carbocycles. The van der Waals surface area contributed by atoms with Gasteiger partial charge in [0.05, 0.1) is 0 Å². The van der Waals surface area contributed by atoms with Crippen LogP contribution in [0.25, 0.3) is 10.1 Å². The number of rotatable bonds is 5. The van der Waals surface area contributed by atoms with Crippen molar-refractivity contribution in [2.75, 3.05) is 6.61 Å². The van der Waals surface area contributed by atoms with Gasteiger partial charge in [-0.2, -0.15) is 0 Å². The highest BCUT2D eigenvalue weighted by molar-refractivity contribution is 7.17. The van der Waals surface area contributed by atoms with Crippen molar-refractivity contribution >= 4 is 21.4 Å². The predicted octanol–water partition coefficient (Wildman–Crippen LogP) is 4.71. The van der Waals surface area contributed by atoms with Crippen molar-refractivity contribution in [1.29, 1.82) is 0 Å². The molecule has 0 aliphatic carbocycles. The summed E-state index contributed by atoms with van der Waals surface area (Å²) in [7, 11) is 0. The number of benzene rings is 2. The fraction of sp³-hybridized carbons (Fsp3) is 0.222. The topological polar surface area (TPSA) is 29.5 Å². The van der Waals surface area contributed by atoms with Crippen LogP contribution in [0, 0.1) is 0 Å². The van der Waals surface area contributed by atoms with E-state index in [0.29, 0.717) is 6.61 Å². The lowest BCUT2D eigenvalue weighted by molar-refractivity contribution is -0.0354. The molecule has 3 heteroatoms. The zero-order valence-electron chi connectivity index (χ0n) is 11.9. The second-order valence-corrected chi connectivity index (χ2v) is 5.83. The first kappa shape index (κ1) is 14.3. The molecule has 0 spiro atoms. The van der Waals surface area contributed by atoms with Crippen LogP contribution in [0.5, 0.6) is 0 Å². The molecular formula is C18H18O2S. The molecule has 21 heavy (non-hydrogen) atoms. The summed E-state index contributed by atoms with van der Waals surface area (Å²) in [5, 5.41) is 14.1. The highest BCUT2D eigenvalue weighted by Gasteiger charge is 2.24. The van der Waals surface area contributed by atoms with E-state index >= 15 is 0 Å². The third-order valence-electron chi connectivity index (χ3n) is 3.59. The Morgan fingerprint density at radius 1 is 1.05 bits per heavy atom. The lowest BCUT2D eigenvalue weighted by Crippen LogP contribution is -2.14. The molecule has 0 saturated carbocycles. The van der Waals surface area contributed by atoms with Gasteiger partial charge in [-0.1, -0.05) is 48.5 Å². The van der Waals surface area contributed by atoms with E-state index < -0.39 is 6.10 Å². The fourth-order valence-electron chi connectivity index (χ4n) is 2.60. The summed E-state index contributed by atoms with van der Waals surface area (Å²) in [5.74, 6) is 0. The number of hydrogen-bond donors (Lipinski definition) is 1. The van der Waals surface area contributed by atoms with Gasteiger partial charge in [0.2, 0.25) is 0 Å². The molecule has 3 rings (SSSR count). The quantitative estimate of drug-likeness (QED) is 0.739. The Hall–Kier alpha value is -1.68. The monoisotopic (exact) mass is 298 g/mol. The summed E-state index contributed by atoms with van der Waals surface area (Å²) in [5.41, 5.74) is 1.94. The minimum Gasteiger partial charge on any atom is -0.385 e. The third kappa shape index (κ3) is 2.86. The summed E-state index contributed by atoms with van der Waals surface area (Å²) >= 11 is 1.66. The molecule has 0 saturated heterocycles. The molecule has 3 aromatic rings. The normalized spacial score (nSPS) is 14.2. The molecule has 0 aliphatic rings. The van der Waals surface area contributed by atoms with Gasteiger partial charge in [-0.3, -0.25) is 0 Å². The minimum absolute atomic E-state index is 0.344. The van der Waals surface area contributed by atoms with Gasteiger partial charge < -0.3 is 9.84 Å². The van der Waals surface area contributed by atoms with Crippen LogP contribution in [0.1, 0.15) is 30.3 Å².